The van der Waals surface area contributed by atoms with Crippen molar-refractivity contribution in [3.8, 4) is 0 Å². The Hall–Kier alpha value is -2.86. The molecule has 5 atom stereocenters. The van der Waals surface area contributed by atoms with Gasteiger partial charge in [-0.2, -0.15) is 0 Å². The number of benzene rings is 4. The largest absolute Gasteiger partial charge is 0.249 e. The molecule has 5 heteroatoms. The lowest BCUT2D eigenvalue weighted by Crippen LogP contribution is -2.06. The molecule has 1 unspecified atom stereocenters. The molecular formula is C28H25NO2S2. The van der Waals surface area contributed by atoms with Gasteiger partial charge in [0, 0.05) is 9.79 Å². The van der Waals surface area contributed by atoms with E-state index >= 15 is 0 Å². The summed E-state index contributed by atoms with van der Waals surface area (Å²) >= 11 is 0. The van der Waals surface area contributed by atoms with Crippen LogP contribution in [0, 0.1) is 13.8 Å². The van der Waals surface area contributed by atoms with E-state index in [1.165, 1.54) is 0 Å². The van der Waals surface area contributed by atoms with Crippen LogP contribution in [-0.2, 0) is 21.8 Å². The number of rotatable bonds is 6. The third-order valence-electron chi connectivity index (χ3n) is 5.99. The molecule has 0 spiro atoms. The molecule has 5 rings (SSSR count). The molecule has 1 aliphatic heterocycles. The van der Waals surface area contributed by atoms with Crippen molar-refractivity contribution < 1.29 is 8.42 Å². The van der Waals surface area contributed by atoms with Crippen LogP contribution < -0.4 is 0 Å². The van der Waals surface area contributed by atoms with Gasteiger partial charge in [0.2, 0.25) is 0 Å². The van der Waals surface area contributed by atoms with Crippen molar-refractivity contribution in [2.24, 2.45) is 0 Å². The van der Waals surface area contributed by atoms with Crippen molar-refractivity contribution in [1.82, 2.24) is 4.31 Å². The molecule has 1 fully saturated rings. The average Bonchev–Trinajstić information content (AvgIpc) is 3.60. The van der Waals surface area contributed by atoms with Gasteiger partial charge in [0.05, 0.1) is 27.8 Å². The summed E-state index contributed by atoms with van der Waals surface area (Å²) in [5.74, 6) is 0. The van der Waals surface area contributed by atoms with E-state index in [9.17, 15) is 8.42 Å². The highest BCUT2D eigenvalue weighted by Gasteiger charge is 2.54. The summed E-state index contributed by atoms with van der Waals surface area (Å²) in [6, 6.07) is 33.5. The fourth-order valence-electron chi connectivity index (χ4n) is 4.16. The Bertz CT molecular complexity index is 1320. The van der Waals surface area contributed by atoms with Crippen LogP contribution in [0.15, 0.2) is 118 Å². The van der Waals surface area contributed by atoms with Crippen molar-refractivity contribution >= 4 is 21.8 Å². The lowest BCUT2D eigenvalue weighted by Gasteiger charge is -2.10. The van der Waals surface area contributed by atoms with E-state index in [1.54, 1.807) is 0 Å². The van der Waals surface area contributed by atoms with Gasteiger partial charge in [-0.3, -0.25) is 0 Å². The predicted molar refractivity (Wildman–Crippen MR) is 134 cm³/mol. The minimum absolute atomic E-state index is 0.0375. The maximum absolute atomic E-state index is 13.6. The van der Waals surface area contributed by atoms with Gasteiger partial charge in [0.25, 0.3) is 0 Å². The monoisotopic (exact) mass is 471 g/mol. The normalized spacial score (nSPS) is 21.3. The zero-order valence-corrected chi connectivity index (χ0v) is 20.2. The maximum Gasteiger partial charge on any atom is 0.128 e. The van der Waals surface area contributed by atoms with E-state index in [4.69, 9.17) is 0 Å². The highest BCUT2D eigenvalue weighted by Crippen LogP contribution is 2.57. The van der Waals surface area contributed by atoms with E-state index < -0.39 is 21.8 Å². The highest BCUT2D eigenvalue weighted by atomic mass is 32.2. The number of nitrogens with zero attached hydrogens (tertiary/aromatic N) is 1. The summed E-state index contributed by atoms with van der Waals surface area (Å²) in [6.07, 6.45) is 0. The van der Waals surface area contributed by atoms with Gasteiger partial charge in [-0.15, -0.1) is 0 Å². The maximum atomic E-state index is 13.6. The minimum Gasteiger partial charge on any atom is -0.249 e. The lowest BCUT2D eigenvalue weighted by atomic mass is 10.0. The smallest absolute Gasteiger partial charge is 0.128 e. The average molecular weight is 472 g/mol. The van der Waals surface area contributed by atoms with Crippen molar-refractivity contribution in [2.45, 2.75) is 40.6 Å². The summed E-state index contributed by atoms with van der Waals surface area (Å²) in [4.78, 5) is 2.33. The zero-order chi connectivity index (χ0) is 22.9. The van der Waals surface area contributed by atoms with Gasteiger partial charge in [-0.05, 0) is 55.3 Å². The fourth-order valence-corrected chi connectivity index (χ4v) is 6.84. The third-order valence-corrected chi connectivity index (χ3v) is 8.97. The molecule has 0 saturated carbocycles. The summed E-state index contributed by atoms with van der Waals surface area (Å²) in [5, 5.41) is 0. The Balaban J connectivity index is 1.55. The topological polar surface area (TPSA) is 37.1 Å². The van der Waals surface area contributed by atoms with Crippen LogP contribution in [0.3, 0.4) is 0 Å². The van der Waals surface area contributed by atoms with Crippen molar-refractivity contribution in [3.63, 3.8) is 0 Å². The molecule has 0 aliphatic carbocycles. The van der Waals surface area contributed by atoms with Crippen LogP contribution in [0.2, 0.25) is 0 Å². The molecule has 4 aromatic carbocycles. The molecule has 0 aromatic heterocycles. The van der Waals surface area contributed by atoms with E-state index in [0.717, 1.165) is 36.9 Å². The van der Waals surface area contributed by atoms with Crippen LogP contribution >= 0.6 is 0 Å². The van der Waals surface area contributed by atoms with Gasteiger partial charge in [-0.25, -0.2) is 12.7 Å². The van der Waals surface area contributed by atoms with E-state index in [-0.39, 0.29) is 12.1 Å². The highest BCUT2D eigenvalue weighted by molar-refractivity contribution is 7.85. The van der Waals surface area contributed by atoms with E-state index in [1.807, 2.05) is 109 Å². The standard InChI is InChI=1S/C28H25NO2S2/c1-20-12-16-23(17-13-20)32(30)26-11-7-6-10-25(26)28-27(22-8-4-3-5-9-22)29(28)33(31)24-18-14-21(2)15-19-24/h3-19,27-28H,1-2H3/t27-,28+,29?,32+,33-/m1/s1. The Morgan fingerprint density at radius 1 is 0.606 bits per heavy atom. The summed E-state index contributed by atoms with van der Waals surface area (Å²) in [6.45, 7) is 4.05. The molecule has 0 bridgehead atoms. The van der Waals surface area contributed by atoms with Crippen molar-refractivity contribution in [3.05, 3.63) is 125 Å². The lowest BCUT2D eigenvalue weighted by molar-refractivity contribution is 0.637. The molecule has 1 heterocycles. The van der Waals surface area contributed by atoms with Gasteiger partial charge >= 0.3 is 0 Å². The summed E-state index contributed by atoms with van der Waals surface area (Å²) < 4.78 is 29.2. The number of hydrogen-bond acceptors (Lipinski definition) is 2. The molecule has 4 aromatic rings. The predicted octanol–water partition coefficient (Wildman–Crippen LogP) is 6.29. The molecule has 1 aliphatic rings. The SMILES string of the molecule is Cc1ccc([S@](=O)c2ccccc2[C@H]2[C@@H](c3ccccc3)N2[S@](=O)c2ccc(C)cc2)cc1. The Morgan fingerprint density at radius 2 is 1.15 bits per heavy atom. The molecule has 0 radical (unpaired) electrons. The number of hydrogen-bond donors (Lipinski definition) is 0. The first kappa shape index (κ1) is 22.0. The van der Waals surface area contributed by atoms with Gasteiger partial charge in [-0.1, -0.05) is 83.9 Å². The Labute approximate surface area is 200 Å². The number of aryl methyl sites for hydroxylation is 2. The summed E-state index contributed by atoms with van der Waals surface area (Å²) in [5.41, 5.74) is 4.34. The van der Waals surface area contributed by atoms with Crippen molar-refractivity contribution in [2.75, 3.05) is 0 Å². The van der Waals surface area contributed by atoms with Gasteiger partial charge in [0.15, 0.2) is 0 Å². The van der Waals surface area contributed by atoms with Crippen molar-refractivity contribution in [1.29, 1.82) is 0 Å². The first-order valence-corrected chi connectivity index (χ1v) is 13.2. The first-order chi connectivity index (χ1) is 16.0. The second-order valence-corrected chi connectivity index (χ2v) is 11.2. The quantitative estimate of drug-likeness (QED) is 0.310. The van der Waals surface area contributed by atoms with Crippen LogP contribution in [-0.4, -0.2) is 12.7 Å². The van der Waals surface area contributed by atoms with Crippen LogP contribution in [0.5, 0.6) is 0 Å². The van der Waals surface area contributed by atoms with Crippen LogP contribution in [0.4, 0.5) is 0 Å². The molecule has 0 amide bonds. The molecular weight excluding hydrogens is 446 g/mol. The van der Waals surface area contributed by atoms with Crippen LogP contribution in [0.1, 0.15) is 34.3 Å². The Kier molecular flexibility index (Phi) is 6.11. The second kappa shape index (κ2) is 9.18. The van der Waals surface area contributed by atoms with E-state index in [2.05, 4.69) is 12.1 Å². The molecule has 166 valence electrons. The third kappa shape index (κ3) is 4.36. The first-order valence-electron chi connectivity index (χ1n) is 10.9. The molecule has 0 N–H and O–H groups in total. The fraction of sp³-hybridized carbons (Fsp3) is 0.143. The Morgan fingerprint density at radius 3 is 1.79 bits per heavy atom. The molecule has 1 saturated heterocycles. The minimum atomic E-state index is -1.33. The molecule has 33 heavy (non-hydrogen) atoms. The van der Waals surface area contributed by atoms with Gasteiger partial charge in [0.1, 0.15) is 11.0 Å². The van der Waals surface area contributed by atoms with Crippen LogP contribution in [0.25, 0.3) is 0 Å². The molecule has 3 nitrogen and oxygen atoms in total. The zero-order valence-electron chi connectivity index (χ0n) is 18.5. The van der Waals surface area contributed by atoms with Gasteiger partial charge < -0.3 is 0 Å². The van der Waals surface area contributed by atoms with E-state index in [0.29, 0.717) is 0 Å². The second-order valence-electron chi connectivity index (χ2n) is 8.34. The summed E-state index contributed by atoms with van der Waals surface area (Å²) in [7, 11) is -2.65.